The van der Waals surface area contributed by atoms with Gasteiger partial charge in [0.2, 0.25) is 0 Å². The summed E-state index contributed by atoms with van der Waals surface area (Å²) in [6, 6.07) is 2.35. The maximum Gasteiger partial charge on any atom is 0.400 e. The summed E-state index contributed by atoms with van der Waals surface area (Å²) in [7, 11) is 0. The average molecular weight is 390 g/mol. The number of nitrogens with two attached hydrogens (primary N) is 2. The van der Waals surface area contributed by atoms with Crippen LogP contribution >= 0.6 is 0 Å². The highest BCUT2D eigenvalue weighted by Crippen LogP contribution is 2.41. The van der Waals surface area contributed by atoms with E-state index in [4.69, 9.17) is 27.5 Å². The van der Waals surface area contributed by atoms with E-state index < -0.39 is 42.7 Å². The minimum atomic E-state index is -1.97. The van der Waals surface area contributed by atoms with Crippen LogP contribution in [0.2, 0.25) is 0 Å². The lowest BCUT2D eigenvalue weighted by Gasteiger charge is -2.21. The first-order valence-corrected chi connectivity index (χ1v) is 8.64. The summed E-state index contributed by atoms with van der Waals surface area (Å²) in [5.74, 6) is -0.663. The zero-order valence-electron chi connectivity index (χ0n) is 15.4. The van der Waals surface area contributed by atoms with Gasteiger partial charge in [-0.25, -0.2) is 16.1 Å². The molecule has 6 N–H and O–H groups in total. The van der Waals surface area contributed by atoms with Crippen LogP contribution in [0.25, 0.3) is 10.4 Å². The summed E-state index contributed by atoms with van der Waals surface area (Å²) in [6.45, 7) is 10.4. The Bertz CT molecular complexity index is 924. The number of esters is 1. The number of carbonyl (C=O) groups excluding carboxylic acids is 1. The number of fused-ring (bicyclic) bond motifs is 1. The Morgan fingerprint density at radius 1 is 1.50 bits per heavy atom. The van der Waals surface area contributed by atoms with Gasteiger partial charge in [-0.1, -0.05) is 13.8 Å². The van der Waals surface area contributed by atoms with Crippen LogP contribution in [0.3, 0.4) is 0 Å². The summed E-state index contributed by atoms with van der Waals surface area (Å²) in [4.78, 5) is 19.2. The monoisotopic (exact) mass is 390 g/mol. The van der Waals surface area contributed by atoms with E-state index in [2.05, 4.69) is 14.9 Å². The Kier molecular flexibility index (Phi) is 5.22. The Hall–Kier alpha value is -2.78. The van der Waals surface area contributed by atoms with Crippen molar-refractivity contribution in [3.8, 4) is 0 Å². The van der Waals surface area contributed by atoms with Gasteiger partial charge in [0.05, 0.1) is 5.69 Å². The SMILES string of the molecule is [C-]#[N+][C@]1(COC(=O)[C@@H](N)C(C)C)O[C@@H](c2ccc3c(N)ncnn23)[C@H](O)[C@@H]1O. The highest BCUT2D eigenvalue weighted by Gasteiger charge is 2.62. The third-order valence-corrected chi connectivity index (χ3v) is 4.83. The Balaban J connectivity index is 1.86. The van der Waals surface area contributed by atoms with Crippen molar-refractivity contribution in [1.29, 1.82) is 0 Å². The van der Waals surface area contributed by atoms with Crippen LogP contribution in [0.1, 0.15) is 25.6 Å². The number of ether oxygens (including phenoxy) is 2. The molecule has 1 aliphatic heterocycles. The maximum absolute atomic E-state index is 12.0. The van der Waals surface area contributed by atoms with Crippen molar-refractivity contribution in [1.82, 2.24) is 14.6 Å². The molecule has 1 saturated heterocycles. The van der Waals surface area contributed by atoms with Crippen LogP contribution in [0, 0.1) is 12.5 Å². The molecular formula is C17H22N6O5. The van der Waals surface area contributed by atoms with Gasteiger partial charge in [-0.15, -0.1) is 0 Å². The molecule has 150 valence electrons. The summed E-state index contributed by atoms with van der Waals surface area (Å²) >= 11 is 0. The van der Waals surface area contributed by atoms with E-state index in [-0.39, 0.29) is 11.7 Å². The van der Waals surface area contributed by atoms with E-state index >= 15 is 0 Å². The van der Waals surface area contributed by atoms with E-state index in [0.29, 0.717) is 11.2 Å². The van der Waals surface area contributed by atoms with Crippen molar-refractivity contribution in [2.24, 2.45) is 11.7 Å². The topological polar surface area (TPSA) is 163 Å². The molecule has 0 spiro atoms. The number of anilines is 1. The first-order valence-electron chi connectivity index (χ1n) is 8.64. The first kappa shape index (κ1) is 20.0. The number of nitrogen functional groups attached to an aromatic ring is 1. The fourth-order valence-electron chi connectivity index (χ4n) is 3.00. The molecule has 28 heavy (non-hydrogen) atoms. The lowest BCUT2D eigenvalue weighted by atomic mass is 10.0. The molecule has 0 unspecified atom stereocenters. The van der Waals surface area contributed by atoms with Crippen LogP contribution in [0.15, 0.2) is 18.5 Å². The van der Waals surface area contributed by atoms with Gasteiger partial charge in [0.1, 0.15) is 30.1 Å². The van der Waals surface area contributed by atoms with Gasteiger partial charge in [0, 0.05) is 0 Å². The standard InChI is InChI=1S/C17H22N6O5/c1-8(2)11(18)16(26)27-6-17(20-3)14(25)12(24)13(28-17)9-4-5-10-15(19)21-7-22-23(9)10/h4-5,7-8,11-14,24-25H,6,18H2,1-2H3,(H2,19,21,22)/t11-,12-,13-,14-,17+/m0/s1. The highest BCUT2D eigenvalue weighted by atomic mass is 16.6. The van der Waals surface area contributed by atoms with Gasteiger partial charge in [0.15, 0.2) is 18.5 Å². The quantitative estimate of drug-likeness (QED) is 0.380. The van der Waals surface area contributed by atoms with Crippen molar-refractivity contribution >= 4 is 17.3 Å². The summed E-state index contributed by atoms with van der Waals surface area (Å²) in [6.07, 6.45) is -2.94. The highest BCUT2D eigenvalue weighted by molar-refractivity contribution is 5.75. The molecule has 11 heteroatoms. The van der Waals surface area contributed by atoms with Gasteiger partial charge in [-0.2, -0.15) is 5.10 Å². The maximum atomic E-state index is 12.0. The van der Waals surface area contributed by atoms with Crippen LogP contribution in [0.5, 0.6) is 0 Å². The molecule has 2 aromatic rings. The molecule has 2 aromatic heterocycles. The van der Waals surface area contributed by atoms with Crippen LogP contribution in [0.4, 0.5) is 5.82 Å². The smallest absolute Gasteiger partial charge is 0.400 e. The number of hydrogen-bond acceptors (Lipinski definition) is 9. The molecular weight excluding hydrogens is 368 g/mol. The van der Waals surface area contributed by atoms with Crippen molar-refractivity contribution in [3.63, 3.8) is 0 Å². The fraction of sp³-hybridized carbons (Fsp3) is 0.529. The molecule has 0 bridgehead atoms. The van der Waals surface area contributed by atoms with Crippen molar-refractivity contribution in [3.05, 3.63) is 35.6 Å². The second-order valence-electron chi connectivity index (χ2n) is 7.01. The Morgan fingerprint density at radius 2 is 2.21 bits per heavy atom. The van der Waals surface area contributed by atoms with Crippen molar-refractivity contribution < 1.29 is 24.5 Å². The van der Waals surface area contributed by atoms with Gasteiger partial charge in [0.25, 0.3) is 0 Å². The van der Waals surface area contributed by atoms with Gasteiger partial charge in [-0.05, 0) is 18.1 Å². The molecule has 0 radical (unpaired) electrons. The third-order valence-electron chi connectivity index (χ3n) is 4.83. The average Bonchev–Trinajstić information content (AvgIpc) is 3.21. The summed E-state index contributed by atoms with van der Waals surface area (Å²) in [5, 5.41) is 25.1. The zero-order chi connectivity index (χ0) is 20.6. The minimum absolute atomic E-state index is 0.165. The number of carbonyl (C=O) groups is 1. The van der Waals surface area contributed by atoms with E-state index in [1.54, 1.807) is 26.0 Å². The molecule has 0 aromatic carbocycles. The van der Waals surface area contributed by atoms with E-state index in [1.807, 2.05) is 0 Å². The molecule has 0 aliphatic carbocycles. The zero-order valence-corrected chi connectivity index (χ0v) is 15.4. The lowest BCUT2D eigenvalue weighted by Crippen LogP contribution is -2.46. The molecule has 11 nitrogen and oxygen atoms in total. The molecule has 1 fully saturated rings. The predicted molar refractivity (Wildman–Crippen MR) is 96.3 cm³/mol. The molecule has 5 atom stereocenters. The van der Waals surface area contributed by atoms with Crippen LogP contribution in [-0.2, 0) is 14.3 Å². The van der Waals surface area contributed by atoms with E-state index in [0.717, 1.165) is 0 Å². The van der Waals surface area contributed by atoms with E-state index in [1.165, 1.54) is 10.8 Å². The van der Waals surface area contributed by atoms with Gasteiger partial charge in [-0.3, -0.25) is 14.4 Å². The van der Waals surface area contributed by atoms with Crippen LogP contribution < -0.4 is 11.5 Å². The fourth-order valence-corrected chi connectivity index (χ4v) is 3.00. The number of nitrogens with zero attached hydrogens (tertiary/aromatic N) is 4. The lowest BCUT2D eigenvalue weighted by molar-refractivity contribution is -0.158. The normalized spacial score (nSPS) is 28.4. The second-order valence-corrected chi connectivity index (χ2v) is 7.01. The molecule has 3 heterocycles. The number of aromatic nitrogens is 3. The van der Waals surface area contributed by atoms with Crippen molar-refractivity contribution in [2.75, 3.05) is 12.3 Å². The number of rotatable bonds is 5. The minimum Gasteiger partial charge on any atom is -0.453 e. The summed E-state index contributed by atoms with van der Waals surface area (Å²) in [5.41, 5.74) is 10.4. The second kappa shape index (κ2) is 7.33. The molecule has 0 amide bonds. The van der Waals surface area contributed by atoms with Gasteiger partial charge >= 0.3 is 11.7 Å². The van der Waals surface area contributed by atoms with E-state index in [9.17, 15) is 15.0 Å². The molecule has 1 aliphatic rings. The number of hydrogen-bond donors (Lipinski definition) is 4. The van der Waals surface area contributed by atoms with Crippen molar-refractivity contribution in [2.45, 2.75) is 43.9 Å². The number of aliphatic hydroxyl groups excluding tert-OH is 2. The third kappa shape index (κ3) is 3.16. The first-order chi connectivity index (χ1) is 13.2. The predicted octanol–water partition coefficient (Wildman–Crippen LogP) is -0.753. The Labute approximate surface area is 160 Å². The van der Waals surface area contributed by atoms with Crippen LogP contribution in [-0.4, -0.2) is 61.4 Å². The summed E-state index contributed by atoms with van der Waals surface area (Å²) < 4.78 is 12.2. The Morgan fingerprint density at radius 3 is 2.86 bits per heavy atom. The number of aliphatic hydroxyl groups is 2. The molecule has 0 saturated carbocycles. The van der Waals surface area contributed by atoms with Gasteiger partial charge < -0.3 is 26.4 Å². The molecule has 3 rings (SSSR count). The largest absolute Gasteiger partial charge is 0.453 e.